The number of ether oxygens (including phenoxy) is 1. The number of halogens is 1. The first-order chi connectivity index (χ1) is 9.13. The summed E-state index contributed by atoms with van der Waals surface area (Å²) in [6.45, 7) is 0. The first kappa shape index (κ1) is 14.5. The molecule has 2 N–H and O–H groups in total. The van der Waals surface area contributed by atoms with E-state index in [1.54, 1.807) is 11.3 Å². The molecule has 19 heavy (non-hydrogen) atoms. The number of carbonyl (C=O) groups excluding carboxylic acids is 1. The van der Waals surface area contributed by atoms with Crippen LogP contribution in [0.1, 0.15) is 30.9 Å². The monoisotopic (exact) mass is 341 g/mol. The number of benzene rings is 1. The van der Waals surface area contributed by atoms with Gasteiger partial charge in [0.25, 0.3) is 0 Å². The van der Waals surface area contributed by atoms with Crippen molar-refractivity contribution in [1.82, 2.24) is 0 Å². The van der Waals surface area contributed by atoms with Gasteiger partial charge in [-0.15, -0.1) is 11.3 Å². The first-order valence-electron chi connectivity index (χ1n) is 6.11. The summed E-state index contributed by atoms with van der Waals surface area (Å²) >= 11 is 5.24. The molecule has 0 saturated heterocycles. The molecule has 0 amide bonds. The first-order valence-corrected chi connectivity index (χ1v) is 7.78. The van der Waals surface area contributed by atoms with Gasteiger partial charge in [-0.1, -0.05) is 12.1 Å². The van der Waals surface area contributed by atoms with Crippen LogP contribution in [0.25, 0.3) is 10.1 Å². The van der Waals surface area contributed by atoms with Gasteiger partial charge in [-0.2, -0.15) is 0 Å². The van der Waals surface area contributed by atoms with Crippen LogP contribution in [0.5, 0.6) is 0 Å². The normalized spacial score (nSPS) is 12.6. The molecule has 0 fully saturated rings. The summed E-state index contributed by atoms with van der Waals surface area (Å²) < 4.78 is 6.95. The van der Waals surface area contributed by atoms with Gasteiger partial charge in [-0.05, 0) is 51.2 Å². The quantitative estimate of drug-likeness (QED) is 0.836. The van der Waals surface area contributed by atoms with Crippen molar-refractivity contribution in [2.75, 3.05) is 7.11 Å². The molecule has 1 aromatic heterocycles. The SMILES string of the molecule is COC(=O)CCCC(N)c1csc2c(Br)cccc12. The Kier molecular flexibility index (Phi) is 4.96. The highest BCUT2D eigenvalue weighted by molar-refractivity contribution is 9.10. The maximum Gasteiger partial charge on any atom is 0.305 e. The smallest absolute Gasteiger partial charge is 0.305 e. The van der Waals surface area contributed by atoms with E-state index in [0.29, 0.717) is 6.42 Å². The zero-order chi connectivity index (χ0) is 13.8. The van der Waals surface area contributed by atoms with Crippen LogP contribution in [0.4, 0.5) is 0 Å². The van der Waals surface area contributed by atoms with Crippen LogP contribution in [-0.2, 0) is 9.53 Å². The number of fused-ring (bicyclic) bond motifs is 1. The number of hydrogen-bond acceptors (Lipinski definition) is 4. The molecule has 0 saturated carbocycles. The highest BCUT2D eigenvalue weighted by Gasteiger charge is 2.13. The van der Waals surface area contributed by atoms with E-state index in [0.717, 1.165) is 22.9 Å². The molecule has 0 aliphatic carbocycles. The van der Waals surface area contributed by atoms with Crippen molar-refractivity contribution in [3.8, 4) is 0 Å². The molecule has 1 atom stereocenters. The van der Waals surface area contributed by atoms with Crippen molar-refractivity contribution in [1.29, 1.82) is 0 Å². The van der Waals surface area contributed by atoms with E-state index < -0.39 is 0 Å². The molecular formula is C14H16BrNO2S. The number of esters is 1. The molecule has 102 valence electrons. The Morgan fingerprint density at radius 1 is 1.53 bits per heavy atom. The molecule has 1 unspecified atom stereocenters. The highest BCUT2D eigenvalue weighted by Crippen LogP contribution is 2.35. The van der Waals surface area contributed by atoms with Crippen LogP contribution in [0.2, 0.25) is 0 Å². The lowest BCUT2D eigenvalue weighted by Crippen LogP contribution is -2.10. The van der Waals surface area contributed by atoms with Crippen LogP contribution in [-0.4, -0.2) is 13.1 Å². The van der Waals surface area contributed by atoms with Crippen molar-refractivity contribution >= 4 is 43.3 Å². The predicted molar refractivity (Wildman–Crippen MR) is 82.3 cm³/mol. The summed E-state index contributed by atoms with van der Waals surface area (Å²) in [5.41, 5.74) is 7.38. The second-order valence-corrected chi connectivity index (χ2v) is 6.12. The average Bonchev–Trinajstić information content (AvgIpc) is 2.83. The molecular weight excluding hydrogens is 326 g/mol. The van der Waals surface area contributed by atoms with Gasteiger partial charge in [0.2, 0.25) is 0 Å². The molecule has 0 aliphatic heterocycles. The second-order valence-electron chi connectivity index (χ2n) is 4.38. The summed E-state index contributed by atoms with van der Waals surface area (Å²) in [5.74, 6) is -0.176. The summed E-state index contributed by atoms with van der Waals surface area (Å²) in [6, 6.07) is 6.11. The van der Waals surface area contributed by atoms with E-state index in [-0.39, 0.29) is 12.0 Å². The lowest BCUT2D eigenvalue weighted by Gasteiger charge is -2.10. The van der Waals surface area contributed by atoms with Gasteiger partial charge in [0.15, 0.2) is 0 Å². The number of hydrogen-bond donors (Lipinski definition) is 1. The third-order valence-electron chi connectivity index (χ3n) is 3.10. The van der Waals surface area contributed by atoms with E-state index in [1.165, 1.54) is 17.2 Å². The van der Waals surface area contributed by atoms with E-state index in [4.69, 9.17) is 5.73 Å². The van der Waals surface area contributed by atoms with Gasteiger partial charge in [-0.25, -0.2) is 0 Å². The minimum atomic E-state index is -0.176. The summed E-state index contributed by atoms with van der Waals surface area (Å²) in [7, 11) is 1.41. The molecule has 0 bridgehead atoms. The van der Waals surface area contributed by atoms with Gasteiger partial charge in [0.1, 0.15) is 0 Å². The molecule has 3 nitrogen and oxygen atoms in total. The molecule has 1 aromatic carbocycles. The molecule has 2 aromatic rings. The number of rotatable bonds is 5. The number of thiophene rings is 1. The Morgan fingerprint density at radius 3 is 3.05 bits per heavy atom. The van der Waals surface area contributed by atoms with Gasteiger partial charge in [-0.3, -0.25) is 4.79 Å². The summed E-state index contributed by atoms with van der Waals surface area (Å²) in [4.78, 5) is 11.1. The fourth-order valence-electron chi connectivity index (χ4n) is 2.05. The zero-order valence-corrected chi connectivity index (χ0v) is 13.1. The highest BCUT2D eigenvalue weighted by atomic mass is 79.9. The Morgan fingerprint density at radius 2 is 2.32 bits per heavy atom. The van der Waals surface area contributed by atoms with Gasteiger partial charge >= 0.3 is 5.97 Å². The zero-order valence-electron chi connectivity index (χ0n) is 10.7. The van der Waals surface area contributed by atoms with Crippen LogP contribution in [0.15, 0.2) is 28.1 Å². The van der Waals surface area contributed by atoms with Crippen molar-refractivity contribution in [3.05, 3.63) is 33.6 Å². The van der Waals surface area contributed by atoms with Crippen LogP contribution in [0.3, 0.4) is 0 Å². The summed E-state index contributed by atoms with van der Waals surface area (Å²) in [6.07, 6.45) is 1.96. The lowest BCUT2D eigenvalue weighted by atomic mass is 10.0. The van der Waals surface area contributed by atoms with E-state index in [2.05, 4.69) is 32.1 Å². The van der Waals surface area contributed by atoms with E-state index in [9.17, 15) is 4.79 Å². The molecule has 0 aliphatic rings. The maximum absolute atomic E-state index is 11.1. The third-order valence-corrected chi connectivity index (χ3v) is 5.08. The molecule has 0 spiro atoms. The van der Waals surface area contributed by atoms with Crippen molar-refractivity contribution in [2.45, 2.75) is 25.3 Å². The van der Waals surface area contributed by atoms with Crippen molar-refractivity contribution in [3.63, 3.8) is 0 Å². The lowest BCUT2D eigenvalue weighted by molar-refractivity contribution is -0.140. The fraction of sp³-hybridized carbons (Fsp3) is 0.357. The van der Waals surface area contributed by atoms with Gasteiger partial charge in [0.05, 0.1) is 7.11 Å². The Bertz CT molecular complexity index is 582. The fourth-order valence-corrected chi connectivity index (χ4v) is 3.74. The van der Waals surface area contributed by atoms with E-state index in [1.807, 2.05) is 12.1 Å². The van der Waals surface area contributed by atoms with Crippen LogP contribution >= 0.6 is 27.3 Å². The van der Waals surface area contributed by atoms with Crippen LogP contribution < -0.4 is 5.73 Å². The minimum Gasteiger partial charge on any atom is -0.469 e. The second kappa shape index (κ2) is 6.50. The Hall–Kier alpha value is -0.910. The van der Waals surface area contributed by atoms with Gasteiger partial charge in [0, 0.05) is 21.6 Å². The average molecular weight is 342 g/mol. The molecule has 1 heterocycles. The number of carbonyl (C=O) groups is 1. The maximum atomic E-state index is 11.1. The van der Waals surface area contributed by atoms with Crippen LogP contribution in [0, 0.1) is 0 Å². The number of methoxy groups -OCH3 is 1. The van der Waals surface area contributed by atoms with E-state index >= 15 is 0 Å². The van der Waals surface area contributed by atoms with Crippen molar-refractivity contribution < 1.29 is 9.53 Å². The Labute approximate surface area is 124 Å². The largest absolute Gasteiger partial charge is 0.469 e. The predicted octanol–water partition coefficient (Wildman–Crippen LogP) is 4.01. The molecule has 0 radical (unpaired) electrons. The Balaban J connectivity index is 2.07. The minimum absolute atomic E-state index is 0.0345. The number of nitrogens with two attached hydrogens (primary N) is 1. The molecule has 5 heteroatoms. The molecule has 2 rings (SSSR count). The third kappa shape index (κ3) is 3.35. The summed E-state index contributed by atoms with van der Waals surface area (Å²) in [5, 5.41) is 3.31. The van der Waals surface area contributed by atoms with Crippen molar-refractivity contribution in [2.24, 2.45) is 5.73 Å². The topological polar surface area (TPSA) is 52.3 Å². The van der Waals surface area contributed by atoms with Gasteiger partial charge < -0.3 is 10.5 Å². The standard InChI is InChI=1S/C14H16BrNO2S/c1-18-13(17)7-3-6-12(16)10-8-19-14-9(10)4-2-5-11(14)15/h2,4-5,8,12H,3,6-7,16H2,1H3.